The van der Waals surface area contributed by atoms with Crippen LogP contribution in [-0.2, 0) is 0 Å². The molecule has 0 bridgehead atoms. The number of furan rings is 1. The highest BCUT2D eigenvalue weighted by Gasteiger charge is 2.24. The van der Waals surface area contributed by atoms with E-state index in [9.17, 15) is 0 Å². The van der Waals surface area contributed by atoms with Gasteiger partial charge in [0.1, 0.15) is 89.6 Å². The Hall–Kier alpha value is -6.20. The summed E-state index contributed by atoms with van der Waals surface area (Å²) in [6.07, 6.45) is 0. The fraction of sp³-hybridized carbons (Fsp3) is 0. The van der Waals surface area contributed by atoms with Gasteiger partial charge in [0.05, 0.1) is 11.0 Å². The van der Waals surface area contributed by atoms with Crippen LogP contribution in [0.3, 0.4) is 0 Å². The van der Waals surface area contributed by atoms with Crippen molar-refractivity contribution in [1.82, 2.24) is 19.5 Å². The van der Waals surface area contributed by atoms with E-state index in [1.54, 1.807) is 0 Å². The second-order valence-corrected chi connectivity index (χ2v) is 14.6. The van der Waals surface area contributed by atoms with Crippen LogP contribution in [-0.4, -0.2) is 98.0 Å². The van der Waals surface area contributed by atoms with Crippen LogP contribution in [0.2, 0.25) is 0 Å². The topological polar surface area (TPSA) is 56.7 Å². The molecule has 20 radical (unpaired) electrons. The van der Waals surface area contributed by atoms with Gasteiger partial charge in [-0.2, -0.15) is 0 Å². The summed E-state index contributed by atoms with van der Waals surface area (Å²) in [5.74, 6) is 0.185. The first-order valence-corrected chi connectivity index (χ1v) is 18.8. The van der Waals surface area contributed by atoms with Crippen molar-refractivity contribution in [2.45, 2.75) is 0 Å². The summed E-state index contributed by atoms with van der Waals surface area (Å²) in [6, 6.07) is 36.9. The van der Waals surface area contributed by atoms with Crippen molar-refractivity contribution >= 4 is 177 Å². The molecule has 10 aromatic rings. The first-order valence-electron chi connectivity index (χ1n) is 18.8. The summed E-state index contributed by atoms with van der Waals surface area (Å²) in [4.78, 5) is 14.6. The number of fused-ring (bicyclic) bond motifs is 6. The predicted octanol–water partition coefficient (Wildman–Crippen LogP) is -0.526. The molecule has 0 amide bonds. The Labute approximate surface area is 359 Å². The Bertz CT molecular complexity index is 3310. The zero-order valence-electron chi connectivity index (χ0n) is 31.9. The van der Waals surface area contributed by atoms with Gasteiger partial charge in [-0.05, 0) is 42.0 Å². The van der Waals surface area contributed by atoms with Crippen LogP contribution in [0.5, 0.6) is 0 Å². The maximum Gasteiger partial charge on any atom is 0.164 e. The van der Waals surface area contributed by atoms with Crippen molar-refractivity contribution < 1.29 is 4.42 Å². The van der Waals surface area contributed by atoms with E-state index in [0.717, 1.165) is 49.4 Å². The van der Waals surface area contributed by atoms with Crippen LogP contribution in [0.4, 0.5) is 0 Å². The third-order valence-electron chi connectivity index (χ3n) is 11.2. The average Bonchev–Trinajstić information content (AvgIpc) is 3.82. The largest absolute Gasteiger partial charge is 0.456 e. The van der Waals surface area contributed by atoms with E-state index in [1.165, 1.54) is 0 Å². The van der Waals surface area contributed by atoms with E-state index < -0.39 is 0 Å². The molecule has 0 aliphatic carbocycles. The van der Waals surface area contributed by atoms with Crippen molar-refractivity contribution in [3.05, 3.63) is 109 Å². The molecule has 254 valence electrons. The molecule has 0 atom stereocenters. The first kappa shape index (κ1) is 38.0. The van der Waals surface area contributed by atoms with Gasteiger partial charge in [-0.25, -0.2) is 15.0 Å². The van der Waals surface area contributed by atoms with E-state index in [0.29, 0.717) is 16.7 Å². The number of hydrogen-bond donors (Lipinski definition) is 0. The first-order chi connectivity index (χ1) is 28.9. The lowest BCUT2D eigenvalue weighted by atomic mass is 9.60. The molecule has 0 N–H and O–H groups in total. The quantitative estimate of drug-likeness (QED) is 0.223. The molecule has 60 heavy (non-hydrogen) atoms. The molecule has 15 heteroatoms. The van der Waals surface area contributed by atoms with Gasteiger partial charge in [0.2, 0.25) is 0 Å². The van der Waals surface area contributed by atoms with Gasteiger partial charge < -0.3 is 8.98 Å². The second kappa shape index (κ2) is 14.2. The highest BCUT2D eigenvalue weighted by molar-refractivity contribution is 6.70. The standard InChI is InChI=1S/C45H18B10N4O/c46-32-30(33(47)37(51)40(54)36(32)50)44-56-43(57-45(58-44)31-34(48)38(52)41(55)39(53)35(31)49)24-13-7-15-28-29(24)25-18-19(16-17-27(25)60-28)21-11-6-12-23-22-10-4-5-14-26(22)59(42(21)23)20-8-2-1-3-9-20/h1-18H. The molecule has 0 aliphatic heterocycles. The smallest absolute Gasteiger partial charge is 0.164 e. The number of aromatic nitrogens is 4. The summed E-state index contributed by atoms with van der Waals surface area (Å²) in [5.41, 5.74) is 7.42. The number of rotatable bonds is 5. The van der Waals surface area contributed by atoms with Crippen LogP contribution < -0.4 is 54.6 Å². The predicted molar refractivity (Wildman–Crippen MR) is 257 cm³/mol. The number of nitrogens with zero attached hydrogens (tertiary/aromatic N) is 4. The van der Waals surface area contributed by atoms with Crippen molar-refractivity contribution in [2.24, 2.45) is 0 Å². The third kappa shape index (κ3) is 5.65. The van der Waals surface area contributed by atoms with Crippen LogP contribution in [0.1, 0.15) is 0 Å². The fourth-order valence-corrected chi connectivity index (χ4v) is 8.18. The van der Waals surface area contributed by atoms with E-state index in [1.807, 2.05) is 42.5 Å². The average molecular weight is 739 g/mol. The van der Waals surface area contributed by atoms with Gasteiger partial charge in [-0.3, -0.25) is 0 Å². The lowest BCUT2D eigenvalue weighted by Gasteiger charge is -2.22. The van der Waals surface area contributed by atoms with Crippen molar-refractivity contribution in [2.75, 3.05) is 0 Å². The Morgan fingerprint density at radius 1 is 0.400 bits per heavy atom. The van der Waals surface area contributed by atoms with Gasteiger partial charge >= 0.3 is 0 Å². The van der Waals surface area contributed by atoms with Crippen molar-refractivity contribution in [1.29, 1.82) is 0 Å². The zero-order valence-corrected chi connectivity index (χ0v) is 31.9. The minimum absolute atomic E-state index is 0.00192. The van der Waals surface area contributed by atoms with Gasteiger partial charge in [-0.15, -0.1) is 32.8 Å². The normalized spacial score (nSPS) is 11.7. The Morgan fingerprint density at radius 2 is 0.917 bits per heavy atom. The molecule has 0 saturated heterocycles. The lowest BCUT2D eigenvalue weighted by molar-refractivity contribution is 0.669. The monoisotopic (exact) mass is 740 g/mol. The molecule has 10 rings (SSSR count). The van der Waals surface area contributed by atoms with Crippen LogP contribution in [0.15, 0.2) is 114 Å². The van der Waals surface area contributed by atoms with Crippen molar-refractivity contribution in [3.8, 4) is 51.0 Å². The molecule has 0 unspecified atom stereocenters. The highest BCUT2D eigenvalue weighted by Crippen LogP contribution is 2.41. The van der Waals surface area contributed by atoms with E-state index in [4.69, 9.17) is 97.8 Å². The minimum Gasteiger partial charge on any atom is -0.456 e. The number of benzene rings is 7. The maximum atomic E-state index is 6.56. The zero-order chi connectivity index (χ0) is 41.7. The molecular formula is C45H18B10N4O. The second-order valence-electron chi connectivity index (χ2n) is 14.6. The van der Waals surface area contributed by atoms with Gasteiger partial charge in [0, 0.05) is 49.5 Å². The number of para-hydroxylation sites is 3. The molecule has 5 nitrogen and oxygen atoms in total. The molecule has 0 saturated carbocycles. The van der Waals surface area contributed by atoms with Crippen LogP contribution >= 0.6 is 0 Å². The summed E-state index contributed by atoms with van der Waals surface area (Å²) >= 11 is 0. The Morgan fingerprint density at radius 3 is 1.55 bits per heavy atom. The molecule has 0 spiro atoms. The molecule has 3 aromatic heterocycles. The van der Waals surface area contributed by atoms with Gasteiger partial charge in [0.25, 0.3) is 0 Å². The summed E-state index contributed by atoms with van der Waals surface area (Å²) in [6.45, 7) is 0. The Balaban J connectivity index is 1.26. The number of hydrogen-bond acceptors (Lipinski definition) is 4. The molecule has 7 aromatic carbocycles. The lowest BCUT2D eigenvalue weighted by Crippen LogP contribution is -2.55. The maximum absolute atomic E-state index is 6.56. The van der Waals surface area contributed by atoms with Gasteiger partial charge in [0.15, 0.2) is 17.5 Å². The SMILES string of the molecule is [B]c1c([B])c([B])c(-c2nc(-c3c([B])c([B])c([B])c([B])c3[B])nc(-c3cccc4oc5ccc(-c6cccc7c8ccccc8n(-c8ccccc8)c67)cc5c34)n2)c([B])c1[B]. The van der Waals surface area contributed by atoms with E-state index in [-0.39, 0.29) is 83.2 Å². The minimum atomic E-state index is 0.00192. The van der Waals surface area contributed by atoms with Crippen LogP contribution in [0, 0.1) is 0 Å². The molecule has 3 heterocycles. The van der Waals surface area contributed by atoms with Gasteiger partial charge in [-0.1, -0.05) is 94.6 Å². The molecular weight excluding hydrogens is 721 g/mol. The summed E-state index contributed by atoms with van der Waals surface area (Å²) < 4.78 is 8.78. The van der Waals surface area contributed by atoms with Crippen LogP contribution in [0.25, 0.3) is 94.7 Å². The molecule has 0 aliphatic rings. The Kier molecular flexibility index (Phi) is 9.02. The summed E-state index contributed by atoms with van der Waals surface area (Å²) in [7, 11) is 63.8. The third-order valence-corrected chi connectivity index (χ3v) is 11.2. The molecule has 0 fully saturated rings. The van der Waals surface area contributed by atoms with E-state index in [2.05, 4.69) is 71.3 Å². The van der Waals surface area contributed by atoms with Crippen molar-refractivity contribution in [3.63, 3.8) is 0 Å². The highest BCUT2D eigenvalue weighted by atomic mass is 16.3. The van der Waals surface area contributed by atoms with E-state index >= 15 is 0 Å². The fourth-order valence-electron chi connectivity index (χ4n) is 8.18. The summed E-state index contributed by atoms with van der Waals surface area (Å²) in [5, 5.41) is 3.80.